The van der Waals surface area contributed by atoms with Crippen molar-refractivity contribution in [2.45, 2.75) is 0 Å². The molecule has 5 nitrogen and oxygen atoms in total. The highest BCUT2D eigenvalue weighted by Crippen LogP contribution is 2.37. The van der Waals surface area contributed by atoms with Gasteiger partial charge in [0.2, 0.25) is 0 Å². The second-order valence-corrected chi connectivity index (χ2v) is 4.16. The molecule has 0 aliphatic rings. The van der Waals surface area contributed by atoms with Gasteiger partial charge in [0.1, 0.15) is 11.5 Å². The zero-order valence-corrected chi connectivity index (χ0v) is 10.3. The van der Waals surface area contributed by atoms with Crippen molar-refractivity contribution in [2.75, 3.05) is 24.2 Å². The van der Waals surface area contributed by atoms with Crippen LogP contribution in [0.5, 0.6) is 11.5 Å². The number of aliphatic hydroxyl groups excluding tert-OH is 1. The summed E-state index contributed by atoms with van der Waals surface area (Å²) >= 11 is 0. The highest BCUT2D eigenvalue weighted by Gasteiger charge is 2.10. The number of hydrogen-bond acceptors (Lipinski definition) is 5. The molecule has 0 spiro atoms. The number of hydrogen-bond donors (Lipinski definition) is 5. The number of phenols is 2. The number of rotatable bonds is 4. The van der Waals surface area contributed by atoms with Crippen molar-refractivity contribution in [2.24, 2.45) is 0 Å². The molecule has 0 heterocycles. The zero-order valence-electron chi connectivity index (χ0n) is 10.3. The largest absolute Gasteiger partial charge is 0.508 e. The molecule has 0 aliphatic carbocycles. The molecule has 2 aromatic rings. The predicted octanol–water partition coefficient (Wildman–Crippen LogP) is 1.75. The summed E-state index contributed by atoms with van der Waals surface area (Å²) in [6, 6.07) is 9.63. The SMILES string of the molecule is Nc1ccc(NCCO)c(-c2ccc(O)cc2O)c1. The zero-order chi connectivity index (χ0) is 13.8. The molecule has 0 atom stereocenters. The van der Waals surface area contributed by atoms with E-state index in [1.54, 1.807) is 24.3 Å². The molecule has 100 valence electrons. The van der Waals surface area contributed by atoms with Crippen molar-refractivity contribution in [3.63, 3.8) is 0 Å². The van der Waals surface area contributed by atoms with E-state index in [0.29, 0.717) is 23.4 Å². The summed E-state index contributed by atoms with van der Waals surface area (Å²) in [4.78, 5) is 0. The first kappa shape index (κ1) is 13.0. The number of nitrogens with two attached hydrogens (primary N) is 1. The van der Waals surface area contributed by atoms with E-state index in [4.69, 9.17) is 10.8 Å². The van der Waals surface area contributed by atoms with Gasteiger partial charge in [0, 0.05) is 35.1 Å². The summed E-state index contributed by atoms with van der Waals surface area (Å²) < 4.78 is 0. The van der Waals surface area contributed by atoms with Crippen LogP contribution in [0.4, 0.5) is 11.4 Å². The predicted molar refractivity (Wildman–Crippen MR) is 75.2 cm³/mol. The minimum Gasteiger partial charge on any atom is -0.508 e. The summed E-state index contributed by atoms with van der Waals surface area (Å²) in [5.41, 5.74) is 8.36. The van der Waals surface area contributed by atoms with Gasteiger partial charge in [-0.1, -0.05) is 0 Å². The molecule has 19 heavy (non-hydrogen) atoms. The maximum absolute atomic E-state index is 9.91. The molecule has 0 saturated carbocycles. The third-order valence-corrected chi connectivity index (χ3v) is 2.74. The average molecular weight is 260 g/mol. The van der Waals surface area contributed by atoms with E-state index in [1.807, 2.05) is 0 Å². The molecule has 2 rings (SSSR count). The van der Waals surface area contributed by atoms with Gasteiger partial charge in [-0.05, 0) is 30.3 Å². The van der Waals surface area contributed by atoms with Gasteiger partial charge in [0.15, 0.2) is 0 Å². The van der Waals surface area contributed by atoms with E-state index in [9.17, 15) is 10.2 Å². The van der Waals surface area contributed by atoms with Crippen molar-refractivity contribution in [3.8, 4) is 22.6 Å². The Kier molecular flexibility index (Phi) is 3.77. The molecular weight excluding hydrogens is 244 g/mol. The second kappa shape index (κ2) is 5.49. The van der Waals surface area contributed by atoms with E-state index >= 15 is 0 Å². The first-order chi connectivity index (χ1) is 9.11. The van der Waals surface area contributed by atoms with E-state index < -0.39 is 0 Å². The highest BCUT2D eigenvalue weighted by molar-refractivity contribution is 5.84. The third-order valence-electron chi connectivity index (χ3n) is 2.74. The Bertz CT molecular complexity index is 585. The summed E-state index contributed by atoms with van der Waals surface area (Å²) in [6.45, 7) is 0.404. The molecular formula is C14H16N2O3. The number of aromatic hydroxyl groups is 2. The van der Waals surface area contributed by atoms with Gasteiger partial charge < -0.3 is 26.4 Å². The van der Waals surface area contributed by atoms with Crippen LogP contribution in [0.25, 0.3) is 11.1 Å². The molecule has 0 aromatic heterocycles. The van der Waals surface area contributed by atoms with Crippen LogP contribution in [-0.2, 0) is 0 Å². The van der Waals surface area contributed by atoms with Gasteiger partial charge in [-0.2, -0.15) is 0 Å². The summed E-state index contributed by atoms with van der Waals surface area (Å²) in [7, 11) is 0. The fraction of sp³-hybridized carbons (Fsp3) is 0.143. The molecule has 2 aromatic carbocycles. The van der Waals surface area contributed by atoms with Crippen LogP contribution in [0, 0.1) is 0 Å². The highest BCUT2D eigenvalue weighted by atomic mass is 16.3. The Balaban J connectivity index is 2.49. The standard InChI is InChI=1S/C14H16N2O3/c15-9-1-4-13(16-5-6-17)12(7-9)11-3-2-10(18)8-14(11)19/h1-4,7-8,16-19H,5-6,15H2. The second-order valence-electron chi connectivity index (χ2n) is 4.16. The molecule has 0 saturated heterocycles. The number of phenolic OH excluding ortho intramolecular Hbond substituents is 2. The minimum atomic E-state index is -0.0300. The fourth-order valence-corrected chi connectivity index (χ4v) is 1.88. The number of anilines is 2. The van der Waals surface area contributed by atoms with E-state index in [2.05, 4.69) is 5.32 Å². The first-order valence-electron chi connectivity index (χ1n) is 5.88. The van der Waals surface area contributed by atoms with Crippen LogP contribution >= 0.6 is 0 Å². The van der Waals surface area contributed by atoms with Crippen LogP contribution in [0.15, 0.2) is 36.4 Å². The van der Waals surface area contributed by atoms with Crippen LogP contribution in [-0.4, -0.2) is 28.5 Å². The van der Waals surface area contributed by atoms with Crippen LogP contribution in [0.3, 0.4) is 0 Å². The number of benzene rings is 2. The lowest BCUT2D eigenvalue weighted by atomic mass is 10.0. The van der Waals surface area contributed by atoms with Crippen LogP contribution in [0.1, 0.15) is 0 Å². The molecule has 0 unspecified atom stereocenters. The molecule has 0 bridgehead atoms. The lowest BCUT2D eigenvalue weighted by Crippen LogP contribution is -2.06. The quantitative estimate of drug-likeness (QED) is 0.539. The minimum absolute atomic E-state index is 0.00461. The van der Waals surface area contributed by atoms with Gasteiger partial charge in [-0.25, -0.2) is 0 Å². The lowest BCUT2D eigenvalue weighted by molar-refractivity contribution is 0.311. The maximum Gasteiger partial charge on any atom is 0.127 e. The van der Waals surface area contributed by atoms with Crippen molar-refractivity contribution >= 4 is 11.4 Å². The maximum atomic E-state index is 9.91. The number of nitrogen functional groups attached to an aromatic ring is 1. The normalized spacial score (nSPS) is 10.4. The monoisotopic (exact) mass is 260 g/mol. The summed E-state index contributed by atoms with van der Waals surface area (Å²) in [5.74, 6) is -0.0346. The molecule has 6 N–H and O–H groups in total. The Morgan fingerprint density at radius 2 is 1.79 bits per heavy atom. The number of nitrogens with one attached hydrogen (secondary N) is 1. The molecule has 0 aliphatic heterocycles. The van der Waals surface area contributed by atoms with Crippen LogP contribution in [0.2, 0.25) is 0 Å². The fourth-order valence-electron chi connectivity index (χ4n) is 1.88. The van der Waals surface area contributed by atoms with E-state index in [-0.39, 0.29) is 18.1 Å². The number of aliphatic hydroxyl groups is 1. The van der Waals surface area contributed by atoms with Gasteiger partial charge in [-0.3, -0.25) is 0 Å². The molecule has 0 fully saturated rings. The van der Waals surface area contributed by atoms with Crippen molar-refractivity contribution in [1.82, 2.24) is 0 Å². The Morgan fingerprint density at radius 3 is 2.47 bits per heavy atom. The van der Waals surface area contributed by atoms with Crippen molar-refractivity contribution in [3.05, 3.63) is 36.4 Å². The first-order valence-corrected chi connectivity index (χ1v) is 5.88. The van der Waals surface area contributed by atoms with E-state index in [0.717, 1.165) is 5.69 Å². The van der Waals surface area contributed by atoms with Crippen molar-refractivity contribution < 1.29 is 15.3 Å². The topological polar surface area (TPSA) is 98.7 Å². The Morgan fingerprint density at radius 1 is 1.00 bits per heavy atom. The smallest absolute Gasteiger partial charge is 0.127 e. The van der Waals surface area contributed by atoms with Gasteiger partial charge in [-0.15, -0.1) is 0 Å². The summed E-state index contributed by atoms with van der Waals surface area (Å²) in [5, 5.41) is 31.1. The third kappa shape index (κ3) is 2.89. The Hall–Kier alpha value is -2.40. The molecule has 5 heteroatoms. The van der Waals surface area contributed by atoms with Gasteiger partial charge >= 0.3 is 0 Å². The van der Waals surface area contributed by atoms with Crippen molar-refractivity contribution in [1.29, 1.82) is 0 Å². The molecule has 0 radical (unpaired) electrons. The van der Waals surface area contributed by atoms with E-state index in [1.165, 1.54) is 12.1 Å². The molecule has 0 amide bonds. The van der Waals surface area contributed by atoms with Gasteiger partial charge in [0.05, 0.1) is 6.61 Å². The Labute approximate surface area is 110 Å². The lowest BCUT2D eigenvalue weighted by Gasteiger charge is -2.13. The summed E-state index contributed by atoms with van der Waals surface area (Å²) in [6.07, 6.45) is 0. The van der Waals surface area contributed by atoms with Gasteiger partial charge in [0.25, 0.3) is 0 Å². The average Bonchev–Trinajstić information content (AvgIpc) is 2.37. The van der Waals surface area contributed by atoms with Crippen LogP contribution < -0.4 is 11.1 Å².